The van der Waals surface area contributed by atoms with Gasteiger partial charge in [0.15, 0.2) is 5.78 Å². The number of hydrogen-bond acceptors (Lipinski definition) is 4. The molecule has 0 spiro atoms. The van der Waals surface area contributed by atoms with E-state index in [1.54, 1.807) is 24.3 Å². The van der Waals surface area contributed by atoms with Gasteiger partial charge in [0, 0.05) is 12.5 Å². The third kappa shape index (κ3) is 5.22. The van der Waals surface area contributed by atoms with Crippen LogP contribution in [0.5, 0.6) is 11.5 Å². The van der Waals surface area contributed by atoms with Crippen LogP contribution in [0.2, 0.25) is 0 Å². The lowest BCUT2D eigenvalue weighted by Gasteiger charge is -2.18. The van der Waals surface area contributed by atoms with E-state index in [2.05, 4.69) is 0 Å². The third-order valence-electron chi connectivity index (χ3n) is 5.07. The van der Waals surface area contributed by atoms with Crippen LogP contribution in [0.1, 0.15) is 52.7 Å². The molecule has 3 N–H and O–H groups in total. The Morgan fingerprint density at radius 2 is 1.66 bits per heavy atom. The highest BCUT2D eigenvalue weighted by Crippen LogP contribution is 2.45. The fourth-order valence-electron chi connectivity index (χ4n) is 3.51. The van der Waals surface area contributed by atoms with Gasteiger partial charge in [0.1, 0.15) is 23.7 Å². The molecule has 1 aliphatic rings. The monoisotopic (exact) mass is 429 g/mol. The van der Waals surface area contributed by atoms with Gasteiger partial charge in [0.25, 0.3) is 0 Å². The zero-order valence-corrected chi connectivity index (χ0v) is 16.5. The smallest absolute Gasteiger partial charge is 0.423 e. The predicted octanol–water partition coefficient (Wildman–Crippen LogP) is 5.24. The van der Waals surface area contributed by atoms with E-state index >= 15 is 0 Å². The molecule has 0 unspecified atom stereocenters. The van der Waals surface area contributed by atoms with Gasteiger partial charge in [-0.3, -0.25) is 4.79 Å². The Hall–Kier alpha value is -2.25. The first kappa shape index (κ1) is 23.0. The Bertz CT molecular complexity index is 847. The van der Waals surface area contributed by atoms with Gasteiger partial charge in [-0.25, -0.2) is 0 Å². The number of phenols is 1. The Morgan fingerprint density at radius 3 is 2.21 bits per heavy atom. The normalized spacial score (nSPS) is 14.5. The van der Waals surface area contributed by atoms with E-state index in [0.29, 0.717) is 24.9 Å². The number of nitrogens with two attached hydrogens (primary N) is 1. The molecule has 1 fully saturated rings. The number of alkyl halides is 3. The van der Waals surface area contributed by atoms with Crippen molar-refractivity contribution in [3.63, 3.8) is 0 Å². The van der Waals surface area contributed by atoms with Gasteiger partial charge in [-0.2, -0.15) is 13.2 Å². The van der Waals surface area contributed by atoms with Crippen molar-refractivity contribution in [3.05, 3.63) is 58.7 Å². The second kappa shape index (κ2) is 9.50. The fourth-order valence-corrected chi connectivity index (χ4v) is 3.51. The van der Waals surface area contributed by atoms with Crippen LogP contribution in [-0.2, 0) is 19.3 Å². The molecule has 0 aromatic heterocycles. The summed E-state index contributed by atoms with van der Waals surface area (Å²) in [6, 6.07) is 9.30. The molecule has 8 heteroatoms. The molecule has 4 nitrogen and oxygen atoms in total. The number of carbonyl (C=O) groups is 1. The molecule has 2 aromatic carbocycles. The molecular weight excluding hydrogens is 407 g/mol. The number of benzene rings is 2. The van der Waals surface area contributed by atoms with Crippen molar-refractivity contribution in [2.24, 2.45) is 11.7 Å². The van der Waals surface area contributed by atoms with Crippen molar-refractivity contribution in [1.29, 1.82) is 0 Å². The molecule has 3 rings (SSSR count). The summed E-state index contributed by atoms with van der Waals surface area (Å²) < 4.78 is 46.1. The number of halogens is 4. The van der Waals surface area contributed by atoms with Crippen molar-refractivity contribution in [3.8, 4) is 11.5 Å². The number of phenolic OH excluding ortho intramolecular Hbond substituents is 1. The van der Waals surface area contributed by atoms with E-state index in [9.17, 15) is 23.1 Å². The summed E-state index contributed by atoms with van der Waals surface area (Å²) >= 11 is 0. The van der Waals surface area contributed by atoms with E-state index in [-0.39, 0.29) is 30.5 Å². The summed E-state index contributed by atoms with van der Waals surface area (Å²) in [4.78, 5) is 12.5. The lowest BCUT2D eigenvalue weighted by atomic mass is 9.93. The molecule has 158 valence electrons. The summed E-state index contributed by atoms with van der Waals surface area (Å²) in [6.07, 6.45) is -1.84. The maximum atomic E-state index is 13.6. The second-order valence-electron chi connectivity index (χ2n) is 6.99. The quantitative estimate of drug-likeness (QED) is 0.615. The summed E-state index contributed by atoms with van der Waals surface area (Å²) in [5.74, 6) is -2.33. The maximum absolute atomic E-state index is 13.6. The molecule has 0 heterocycles. The van der Waals surface area contributed by atoms with Crippen LogP contribution in [0, 0.1) is 5.92 Å². The van der Waals surface area contributed by atoms with Crippen molar-refractivity contribution in [2.45, 2.75) is 45.0 Å². The number of aromatic hydroxyl groups is 1. The Balaban J connectivity index is 0.00000300. The van der Waals surface area contributed by atoms with E-state index in [0.717, 1.165) is 24.5 Å². The molecule has 2 aromatic rings. The Morgan fingerprint density at radius 1 is 1.07 bits per heavy atom. The highest BCUT2D eigenvalue weighted by molar-refractivity contribution is 6.01. The number of Topliss-reactive ketones (excluding diaryl/α,β-unsaturated/α-hetero) is 1. The van der Waals surface area contributed by atoms with Crippen LogP contribution >= 0.6 is 12.4 Å². The van der Waals surface area contributed by atoms with Gasteiger partial charge in [-0.1, -0.05) is 37.1 Å². The zero-order valence-electron chi connectivity index (χ0n) is 15.7. The standard InChI is InChI=1S/C21H22F3NO3.ClH/c22-21(23,24)18-17(28-12-14-7-5-13(11-25)6-8-14)10-9-16(20(18)27)19(26)15-3-1-2-4-15;/h5-10,15,27H,1-4,11-12,25H2;1H. The van der Waals surface area contributed by atoms with Gasteiger partial charge >= 0.3 is 6.18 Å². The lowest BCUT2D eigenvalue weighted by molar-refractivity contribution is -0.140. The number of rotatable bonds is 6. The lowest BCUT2D eigenvalue weighted by Crippen LogP contribution is -2.15. The van der Waals surface area contributed by atoms with Crippen LogP contribution < -0.4 is 10.5 Å². The van der Waals surface area contributed by atoms with Crippen LogP contribution in [0.4, 0.5) is 13.2 Å². The first-order chi connectivity index (χ1) is 13.3. The van der Waals surface area contributed by atoms with Crippen molar-refractivity contribution < 1.29 is 27.8 Å². The molecule has 0 bridgehead atoms. The molecule has 1 saturated carbocycles. The fraction of sp³-hybridized carbons (Fsp3) is 0.381. The zero-order chi connectivity index (χ0) is 20.3. The first-order valence-corrected chi connectivity index (χ1v) is 9.19. The summed E-state index contributed by atoms with van der Waals surface area (Å²) in [5.41, 5.74) is 5.48. The molecule has 0 atom stereocenters. The van der Waals surface area contributed by atoms with E-state index < -0.39 is 29.0 Å². The van der Waals surface area contributed by atoms with Gasteiger partial charge in [-0.05, 0) is 36.1 Å². The largest absolute Gasteiger partial charge is 0.506 e. The van der Waals surface area contributed by atoms with Crippen molar-refractivity contribution in [2.75, 3.05) is 0 Å². The molecule has 0 amide bonds. The van der Waals surface area contributed by atoms with Gasteiger partial charge in [0.05, 0.1) is 5.56 Å². The highest BCUT2D eigenvalue weighted by Gasteiger charge is 2.40. The van der Waals surface area contributed by atoms with Gasteiger partial charge < -0.3 is 15.6 Å². The summed E-state index contributed by atoms with van der Waals surface area (Å²) in [7, 11) is 0. The Kier molecular flexibility index (Phi) is 7.54. The minimum absolute atomic E-state index is 0. The number of hydrogen-bond donors (Lipinski definition) is 2. The predicted molar refractivity (Wildman–Crippen MR) is 105 cm³/mol. The second-order valence-corrected chi connectivity index (χ2v) is 6.99. The molecular formula is C21H23ClF3NO3. The minimum atomic E-state index is -4.85. The SMILES string of the molecule is Cl.NCc1ccc(COc2ccc(C(=O)C3CCCC3)c(O)c2C(F)(F)F)cc1. The van der Waals surface area contributed by atoms with E-state index in [1.807, 2.05) is 0 Å². The van der Waals surface area contributed by atoms with E-state index in [4.69, 9.17) is 10.5 Å². The molecule has 0 radical (unpaired) electrons. The summed E-state index contributed by atoms with van der Waals surface area (Å²) in [5, 5.41) is 10.3. The molecule has 1 aliphatic carbocycles. The molecule has 0 aliphatic heterocycles. The maximum Gasteiger partial charge on any atom is 0.423 e. The van der Waals surface area contributed by atoms with Crippen molar-refractivity contribution >= 4 is 18.2 Å². The van der Waals surface area contributed by atoms with Crippen LogP contribution in [0.25, 0.3) is 0 Å². The average Bonchev–Trinajstić information content (AvgIpc) is 3.20. The third-order valence-corrected chi connectivity index (χ3v) is 5.07. The number of ketones is 1. The van der Waals surface area contributed by atoms with Gasteiger partial charge in [0.2, 0.25) is 0 Å². The highest BCUT2D eigenvalue weighted by atomic mass is 35.5. The summed E-state index contributed by atoms with van der Waals surface area (Å²) in [6.45, 7) is 0.257. The molecule has 29 heavy (non-hydrogen) atoms. The molecule has 0 saturated heterocycles. The minimum Gasteiger partial charge on any atom is -0.506 e. The van der Waals surface area contributed by atoms with Crippen LogP contribution in [-0.4, -0.2) is 10.9 Å². The number of carbonyl (C=O) groups excluding carboxylic acids is 1. The van der Waals surface area contributed by atoms with Gasteiger partial charge in [-0.15, -0.1) is 12.4 Å². The van der Waals surface area contributed by atoms with Crippen LogP contribution in [0.3, 0.4) is 0 Å². The van der Waals surface area contributed by atoms with E-state index in [1.165, 1.54) is 6.07 Å². The van der Waals surface area contributed by atoms with Crippen LogP contribution in [0.15, 0.2) is 36.4 Å². The van der Waals surface area contributed by atoms with Crippen molar-refractivity contribution in [1.82, 2.24) is 0 Å². The average molecular weight is 430 g/mol. The topological polar surface area (TPSA) is 72.5 Å². The first-order valence-electron chi connectivity index (χ1n) is 9.19. The Labute approximate surface area is 173 Å². The number of ether oxygens (including phenoxy) is 1.